The van der Waals surface area contributed by atoms with Gasteiger partial charge in [0, 0.05) is 41.5 Å². The molecule has 0 fully saturated rings. The first-order valence-electron chi connectivity index (χ1n) is 10.9. The van der Waals surface area contributed by atoms with Crippen molar-refractivity contribution in [2.45, 2.75) is 11.4 Å². The van der Waals surface area contributed by atoms with Crippen molar-refractivity contribution in [1.29, 1.82) is 0 Å². The molecule has 9 heteroatoms. The molecule has 3 N–H and O–H groups in total. The number of hydrogen-bond donors (Lipinski definition) is 2. The molecule has 2 aromatic heterocycles. The Morgan fingerprint density at radius 1 is 0.861 bits per heavy atom. The predicted molar refractivity (Wildman–Crippen MR) is 135 cm³/mol. The number of hydrogen-bond acceptors (Lipinski definition) is 5. The molecule has 0 atom stereocenters. The van der Waals surface area contributed by atoms with Crippen molar-refractivity contribution in [1.82, 2.24) is 9.97 Å². The summed E-state index contributed by atoms with van der Waals surface area (Å²) in [5.74, 6) is -0.876. The largest absolute Gasteiger partial charge is 0.365 e. The summed E-state index contributed by atoms with van der Waals surface area (Å²) in [7, 11) is -3.96. The third kappa shape index (κ3) is 4.79. The van der Waals surface area contributed by atoms with Gasteiger partial charge in [0.25, 0.3) is 0 Å². The van der Waals surface area contributed by atoms with E-state index in [2.05, 4.69) is 10.3 Å². The number of pyridine rings is 2. The van der Waals surface area contributed by atoms with E-state index in [1.54, 1.807) is 0 Å². The molecule has 0 amide bonds. The van der Waals surface area contributed by atoms with Crippen LogP contribution in [-0.4, -0.2) is 18.4 Å². The van der Waals surface area contributed by atoms with Crippen LogP contribution in [0.5, 0.6) is 0 Å². The van der Waals surface area contributed by atoms with Crippen molar-refractivity contribution in [3.8, 4) is 22.4 Å². The summed E-state index contributed by atoms with van der Waals surface area (Å²) in [4.78, 5) is 8.63. The molecule has 0 saturated carbocycles. The van der Waals surface area contributed by atoms with E-state index in [0.29, 0.717) is 17.1 Å². The van der Waals surface area contributed by atoms with Crippen LogP contribution in [0.2, 0.25) is 0 Å². The molecule has 0 aliphatic rings. The van der Waals surface area contributed by atoms with Gasteiger partial charge in [-0.05, 0) is 34.7 Å². The average molecular weight is 503 g/mol. The maximum atomic E-state index is 14.3. The van der Waals surface area contributed by atoms with Gasteiger partial charge >= 0.3 is 0 Å². The fourth-order valence-corrected chi connectivity index (χ4v) is 4.50. The highest BCUT2D eigenvalue weighted by atomic mass is 32.2. The van der Waals surface area contributed by atoms with Gasteiger partial charge in [-0.3, -0.25) is 4.98 Å². The minimum absolute atomic E-state index is 0.0518. The number of aromatic nitrogens is 2. The number of halogens is 2. The van der Waals surface area contributed by atoms with E-state index in [1.165, 1.54) is 30.6 Å². The van der Waals surface area contributed by atoms with Gasteiger partial charge in [0.1, 0.15) is 22.3 Å². The highest BCUT2D eigenvalue weighted by Crippen LogP contribution is 2.36. The lowest BCUT2D eigenvalue weighted by Gasteiger charge is -2.16. The Morgan fingerprint density at radius 2 is 1.67 bits per heavy atom. The summed E-state index contributed by atoms with van der Waals surface area (Å²) >= 11 is 0. The number of fused-ring (bicyclic) bond motifs is 1. The summed E-state index contributed by atoms with van der Waals surface area (Å²) in [6, 6.07) is 22.2. The zero-order chi connectivity index (χ0) is 25.3. The summed E-state index contributed by atoms with van der Waals surface area (Å²) in [6.45, 7) is 0.0518. The quantitative estimate of drug-likeness (QED) is 0.319. The van der Waals surface area contributed by atoms with Crippen molar-refractivity contribution in [2.75, 3.05) is 5.32 Å². The number of rotatable bonds is 6. The lowest BCUT2D eigenvalue weighted by molar-refractivity contribution is 0.574. The van der Waals surface area contributed by atoms with Gasteiger partial charge in [0.05, 0.1) is 5.69 Å². The molecule has 180 valence electrons. The van der Waals surface area contributed by atoms with Gasteiger partial charge in [-0.15, -0.1) is 0 Å². The summed E-state index contributed by atoms with van der Waals surface area (Å²) < 4.78 is 51.4. The topological polar surface area (TPSA) is 98.0 Å². The number of nitrogens with one attached hydrogen (secondary N) is 1. The molecular formula is C27H20F2N4O2S. The molecule has 0 bridgehead atoms. The lowest BCUT2D eigenvalue weighted by Crippen LogP contribution is -2.12. The number of sulfonamides is 1. The molecule has 0 radical (unpaired) electrons. The number of nitrogens with zero attached hydrogens (tertiary/aromatic N) is 2. The van der Waals surface area contributed by atoms with Gasteiger partial charge in [-0.2, -0.15) is 0 Å². The Kier molecular flexibility index (Phi) is 6.17. The second-order valence-corrected chi connectivity index (χ2v) is 9.73. The Morgan fingerprint density at radius 3 is 2.42 bits per heavy atom. The van der Waals surface area contributed by atoms with Crippen LogP contribution in [-0.2, 0) is 16.6 Å². The van der Waals surface area contributed by atoms with Crippen molar-refractivity contribution in [3.63, 3.8) is 0 Å². The van der Waals surface area contributed by atoms with Gasteiger partial charge in [0.15, 0.2) is 0 Å². The summed E-state index contributed by atoms with van der Waals surface area (Å²) in [5, 5.41) is 10.1. The van der Waals surface area contributed by atoms with E-state index in [9.17, 15) is 17.2 Å². The fourth-order valence-electron chi connectivity index (χ4n) is 4.00. The van der Waals surface area contributed by atoms with Gasteiger partial charge < -0.3 is 5.32 Å². The lowest BCUT2D eigenvalue weighted by atomic mass is 9.97. The van der Waals surface area contributed by atoms with Crippen molar-refractivity contribution in [3.05, 3.63) is 108 Å². The Bertz CT molecular complexity index is 1690. The third-order valence-corrected chi connectivity index (χ3v) is 6.62. The van der Waals surface area contributed by atoms with E-state index in [1.807, 2.05) is 54.6 Å². The monoisotopic (exact) mass is 502 g/mol. The van der Waals surface area contributed by atoms with Crippen molar-refractivity contribution >= 4 is 26.6 Å². The van der Waals surface area contributed by atoms with E-state index < -0.39 is 21.7 Å². The minimum Gasteiger partial charge on any atom is -0.365 e. The first kappa shape index (κ1) is 23.5. The Balaban J connectivity index is 1.68. The highest BCUT2D eigenvalue weighted by molar-refractivity contribution is 7.89. The molecule has 0 saturated heterocycles. The molecule has 2 heterocycles. The second-order valence-electron chi connectivity index (χ2n) is 8.17. The van der Waals surface area contributed by atoms with Crippen LogP contribution in [0.3, 0.4) is 0 Å². The van der Waals surface area contributed by atoms with Gasteiger partial charge in [0.2, 0.25) is 10.0 Å². The number of anilines is 1. The molecular weight excluding hydrogens is 482 g/mol. The summed E-state index contributed by atoms with van der Waals surface area (Å²) in [5.41, 5.74) is 3.04. The Hall–Kier alpha value is -4.21. The van der Waals surface area contributed by atoms with Crippen molar-refractivity contribution in [2.24, 2.45) is 5.14 Å². The minimum atomic E-state index is -3.96. The maximum Gasteiger partial charge on any atom is 0.239 e. The van der Waals surface area contributed by atoms with Crippen LogP contribution in [0.25, 0.3) is 33.2 Å². The molecule has 0 spiro atoms. The van der Waals surface area contributed by atoms with Crippen LogP contribution in [0, 0.1) is 11.6 Å². The van der Waals surface area contributed by atoms with Crippen LogP contribution in [0.1, 0.15) is 5.56 Å². The zero-order valence-corrected chi connectivity index (χ0v) is 19.6. The fraction of sp³-hybridized carbons (Fsp3) is 0.0370. The molecule has 0 aliphatic heterocycles. The first-order valence-corrected chi connectivity index (χ1v) is 12.5. The molecule has 36 heavy (non-hydrogen) atoms. The van der Waals surface area contributed by atoms with Gasteiger partial charge in [-0.1, -0.05) is 54.6 Å². The third-order valence-electron chi connectivity index (χ3n) is 5.74. The number of primary sulfonamides is 1. The van der Waals surface area contributed by atoms with Gasteiger partial charge in [-0.25, -0.2) is 27.3 Å². The first-order chi connectivity index (χ1) is 17.3. The predicted octanol–water partition coefficient (Wildman–Crippen LogP) is 5.50. The van der Waals surface area contributed by atoms with Crippen molar-refractivity contribution < 1.29 is 17.2 Å². The molecule has 5 rings (SSSR count). The number of benzene rings is 3. The normalized spacial score (nSPS) is 11.5. The summed E-state index contributed by atoms with van der Waals surface area (Å²) in [6.07, 6.45) is 2.66. The standard InChI is InChI=1S/C27H20F2N4O2S/c28-21-10-9-19(24(29)13-21)15-32-27-26-18(7-4-8-23(26)17-5-2-1-3-6-17)12-25(33-27)20-11-22(16-31-14-20)36(30,34)35/h1-14,16H,15H2,(H,32,33)(H2,30,34,35). The average Bonchev–Trinajstić information content (AvgIpc) is 2.87. The second kappa shape index (κ2) is 9.44. The SMILES string of the molecule is NS(=O)(=O)c1cncc(-c2cc3cccc(-c4ccccc4)c3c(NCc3ccc(F)cc3F)n2)c1. The zero-order valence-electron chi connectivity index (χ0n) is 18.8. The molecule has 5 aromatic rings. The number of nitrogens with two attached hydrogens (primary N) is 1. The van der Waals surface area contributed by atoms with E-state index in [0.717, 1.165) is 28.0 Å². The molecule has 3 aromatic carbocycles. The molecule has 0 unspecified atom stereocenters. The molecule has 6 nitrogen and oxygen atoms in total. The molecule has 0 aliphatic carbocycles. The van der Waals surface area contributed by atoms with Crippen LogP contribution < -0.4 is 10.5 Å². The maximum absolute atomic E-state index is 14.3. The smallest absolute Gasteiger partial charge is 0.239 e. The highest BCUT2D eigenvalue weighted by Gasteiger charge is 2.16. The van der Waals surface area contributed by atoms with Crippen LogP contribution in [0.15, 0.2) is 96.2 Å². The van der Waals surface area contributed by atoms with Crippen LogP contribution >= 0.6 is 0 Å². The Labute approximate surface area is 206 Å². The van der Waals surface area contributed by atoms with E-state index in [-0.39, 0.29) is 17.0 Å². The van der Waals surface area contributed by atoms with E-state index in [4.69, 9.17) is 10.1 Å². The van der Waals surface area contributed by atoms with E-state index >= 15 is 0 Å². The van der Waals surface area contributed by atoms with Crippen LogP contribution in [0.4, 0.5) is 14.6 Å².